The van der Waals surface area contributed by atoms with Crippen LogP contribution < -0.4 is 32.5 Å². The molecule has 9 nitrogen and oxygen atoms in total. The van der Waals surface area contributed by atoms with Crippen molar-refractivity contribution in [1.29, 1.82) is 0 Å². The first kappa shape index (κ1) is 28.5. The third-order valence-corrected chi connectivity index (χ3v) is 5.78. The predicted octanol–water partition coefficient (Wildman–Crippen LogP) is 2.50. The Balaban J connectivity index is 1.86. The molecule has 1 fully saturated rings. The first-order chi connectivity index (χ1) is 17.4. The summed E-state index contributed by atoms with van der Waals surface area (Å²) in [6.45, 7) is -0.417. The normalized spacial score (nSPS) is 19.9. The molecule has 0 aromatic heterocycles. The van der Waals surface area contributed by atoms with Crippen LogP contribution in [0, 0.1) is 17.6 Å². The lowest BCUT2D eigenvalue weighted by molar-refractivity contribution is -0.164. The minimum absolute atomic E-state index is 0.150. The molecule has 0 spiro atoms. The van der Waals surface area contributed by atoms with Crippen molar-refractivity contribution in [2.24, 2.45) is 16.6 Å². The zero-order valence-electron chi connectivity index (χ0n) is 19.3. The van der Waals surface area contributed by atoms with Crippen molar-refractivity contribution in [2.75, 3.05) is 18.9 Å². The van der Waals surface area contributed by atoms with E-state index in [0.717, 1.165) is 12.1 Å². The number of aromatic hydroxyl groups is 1. The number of phenols is 1. The number of rotatable bonds is 7. The number of anilines is 1. The van der Waals surface area contributed by atoms with Crippen LogP contribution >= 0.6 is 11.6 Å². The summed E-state index contributed by atoms with van der Waals surface area (Å²) in [6, 6.07) is 4.41. The van der Waals surface area contributed by atoms with Crippen LogP contribution in [0.5, 0.6) is 5.75 Å². The number of hydrogen-bond donors (Lipinski definition) is 7. The van der Waals surface area contributed by atoms with E-state index in [1.165, 1.54) is 31.3 Å². The molecule has 0 radical (unpaired) electrons. The number of nitrogens with zero attached hydrogens (tertiary/aromatic N) is 1. The molecule has 0 saturated carbocycles. The molecule has 202 valence electrons. The molecule has 4 unspecified atom stereocenters. The Hall–Kier alpha value is -3.04. The molecule has 1 amide bonds. The van der Waals surface area contributed by atoms with Crippen molar-refractivity contribution in [3.05, 3.63) is 58.6 Å². The van der Waals surface area contributed by atoms with Gasteiger partial charge in [0.05, 0.1) is 17.8 Å². The topological polar surface area (TPSA) is 136 Å². The van der Waals surface area contributed by atoms with E-state index in [1.807, 2.05) is 0 Å². The second-order valence-electron chi connectivity index (χ2n) is 8.26. The fourth-order valence-electron chi connectivity index (χ4n) is 3.60. The van der Waals surface area contributed by atoms with Gasteiger partial charge in [0.25, 0.3) is 5.91 Å². The van der Waals surface area contributed by atoms with Crippen molar-refractivity contribution >= 4 is 29.2 Å². The van der Waals surface area contributed by atoms with E-state index in [0.29, 0.717) is 5.56 Å². The molecule has 1 saturated heterocycles. The summed E-state index contributed by atoms with van der Waals surface area (Å²) >= 11 is 5.92. The summed E-state index contributed by atoms with van der Waals surface area (Å²) in [5, 5.41) is 17.4. The molecular weight excluding hydrogens is 525 g/mol. The van der Waals surface area contributed by atoms with Crippen LogP contribution in [0.1, 0.15) is 18.0 Å². The van der Waals surface area contributed by atoms with Gasteiger partial charge < -0.3 is 26.8 Å². The maximum Gasteiger partial charge on any atom is 0.404 e. The molecule has 2 aromatic carbocycles. The van der Waals surface area contributed by atoms with Gasteiger partial charge in [0, 0.05) is 24.0 Å². The number of aliphatic imine (C=N–C) groups is 1. The largest absolute Gasteiger partial charge is 0.505 e. The van der Waals surface area contributed by atoms with Crippen molar-refractivity contribution in [3.63, 3.8) is 0 Å². The molecule has 1 heterocycles. The van der Waals surface area contributed by atoms with Gasteiger partial charge in [0.2, 0.25) is 5.96 Å². The van der Waals surface area contributed by atoms with Crippen LogP contribution in [0.4, 0.5) is 27.6 Å². The molecular formula is C22H25ClF5N7O2. The number of benzene rings is 2. The summed E-state index contributed by atoms with van der Waals surface area (Å²) in [4.78, 5) is 16.5. The average Bonchev–Trinajstić information content (AvgIpc) is 3.29. The zero-order chi connectivity index (χ0) is 27.3. The number of hydrazine groups is 1. The first-order valence-electron chi connectivity index (χ1n) is 11.0. The lowest BCUT2D eigenvalue weighted by Gasteiger charge is -2.24. The van der Waals surface area contributed by atoms with E-state index in [1.54, 1.807) is 0 Å². The summed E-state index contributed by atoms with van der Waals surface area (Å²) in [6.07, 6.45) is -5.32. The molecule has 2 aromatic rings. The van der Waals surface area contributed by atoms with Crippen molar-refractivity contribution in [2.45, 2.75) is 30.8 Å². The Labute approximate surface area is 213 Å². The minimum Gasteiger partial charge on any atom is -0.505 e. The lowest BCUT2D eigenvalue weighted by atomic mass is 9.99. The fraction of sp³-hybridized carbons (Fsp3) is 0.364. The molecule has 1 aliphatic heterocycles. The second-order valence-corrected chi connectivity index (χ2v) is 8.70. The molecule has 1 aliphatic rings. The van der Waals surface area contributed by atoms with Gasteiger partial charge in [-0.15, -0.1) is 0 Å². The highest BCUT2D eigenvalue weighted by Gasteiger charge is 2.45. The number of phenolic OH excluding ortho intramolecular Hbond substituents is 1. The number of nitrogens with two attached hydrogens (primary N) is 1. The van der Waals surface area contributed by atoms with Crippen LogP contribution in [0.25, 0.3) is 0 Å². The number of halogens is 6. The Morgan fingerprint density at radius 1 is 1.22 bits per heavy atom. The maximum atomic E-state index is 14.3. The van der Waals surface area contributed by atoms with Gasteiger partial charge in [-0.3, -0.25) is 4.79 Å². The van der Waals surface area contributed by atoms with Crippen LogP contribution in [0.3, 0.4) is 0 Å². The molecule has 0 bridgehead atoms. The van der Waals surface area contributed by atoms with Crippen molar-refractivity contribution in [1.82, 2.24) is 21.5 Å². The van der Waals surface area contributed by atoms with E-state index >= 15 is 0 Å². The number of carbonyl (C=O) groups is 1. The number of amides is 1. The highest BCUT2D eigenvalue weighted by Crippen LogP contribution is 2.27. The van der Waals surface area contributed by atoms with Crippen LogP contribution in [-0.2, 0) is 4.79 Å². The van der Waals surface area contributed by atoms with Crippen LogP contribution in [0.15, 0.2) is 41.4 Å². The standard InChI is InChI=1S/C22H25ClF5N7O2/c1-30-9-12(19(29)22(26,27)28)20(37)33-21(31-16-7-11(23)3-4-13(16)24)32-18-8-15(34-35-18)10-2-5-17(36)14(25)6-10/h2-7,12,15,18-19,30,34-36H,8-9,29H2,1H3,(H2,31,32,33,37). The summed E-state index contributed by atoms with van der Waals surface area (Å²) < 4.78 is 67.8. The molecule has 4 atom stereocenters. The minimum atomic E-state index is -4.86. The van der Waals surface area contributed by atoms with Gasteiger partial charge in [-0.1, -0.05) is 17.7 Å². The Morgan fingerprint density at radius 2 is 1.95 bits per heavy atom. The number of guanidine groups is 1. The van der Waals surface area contributed by atoms with Gasteiger partial charge in [-0.25, -0.2) is 19.6 Å². The van der Waals surface area contributed by atoms with E-state index in [-0.39, 0.29) is 23.1 Å². The monoisotopic (exact) mass is 549 g/mol. The van der Waals surface area contributed by atoms with Crippen molar-refractivity contribution in [3.8, 4) is 5.75 Å². The van der Waals surface area contributed by atoms with Crippen molar-refractivity contribution < 1.29 is 31.9 Å². The SMILES string of the molecule is CNCC(C(=O)/N=C(/Nc1cc(Cl)ccc1F)NC1CC(c2ccc(O)c(F)c2)NN1)C(N)C(F)(F)F. The van der Waals surface area contributed by atoms with Gasteiger partial charge in [-0.2, -0.15) is 18.2 Å². The Kier molecular flexibility index (Phi) is 9.26. The third-order valence-electron chi connectivity index (χ3n) is 5.54. The van der Waals surface area contributed by atoms with Gasteiger partial charge >= 0.3 is 6.18 Å². The predicted molar refractivity (Wildman–Crippen MR) is 128 cm³/mol. The summed E-state index contributed by atoms with van der Waals surface area (Å²) in [5.74, 6) is -5.45. The summed E-state index contributed by atoms with van der Waals surface area (Å²) in [7, 11) is 1.35. The van der Waals surface area contributed by atoms with E-state index in [2.05, 4.69) is 31.8 Å². The van der Waals surface area contributed by atoms with E-state index < -0.39 is 60.2 Å². The highest BCUT2D eigenvalue weighted by atomic mass is 35.5. The molecule has 8 N–H and O–H groups in total. The fourth-order valence-corrected chi connectivity index (χ4v) is 3.77. The van der Waals surface area contributed by atoms with Gasteiger partial charge in [0.15, 0.2) is 11.6 Å². The average molecular weight is 550 g/mol. The number of nitrogens with one attached hydrogen (secondary N) is 5. The first-order valence-corrected chi connectivity index (χ1v) is 11.3. The summed E-state index contributed by atoms with van der Waals surface area (Å²) in [5.41, 5.74) is 11.3. The van der Waals surface area contributed by atoms with Gasteiger partial charge in [-0.05, 0) is 42.9 Å². The molecule has 0 aliphatic carbocycles. The Morgan fingerprint density at radius 3 is 2.59 bits per heavy atom. The lowest BCUT2D eigenvalue weighted by Crippen LogP contribution is -2.51. The quantitative estimate of drug-likeness (QED) is 0.159. The van der Waals surface area contributed by atoms with E-state index in [9.17, 15) is 31.9 Å². The maximum absolute atomic E-state index is 14.3. The highest BCUT2D eigenvalue weighted by molar-refractivity contribution is 6.30. The van der Waals surface area contributed by atoms with Crippen LogP contribution in [0.2, 0.25) is 5.02 Å². The Bertz CT molecular complexity index is 1150. The third kappa shape index (κ3) is 7.49. The van der Waals surface area contributed by atoms with Crippen LogP contribution in [-0.4, -0.2) is 48.9 Å². The number of alkyl halides is 3. The zero-order valence-corrected chi connectivity index (χ0v) is 20.1. The number of hydrogen-bond acceptors (Lipinski definition) is 6. The molecule has 15 heteroatoms. The molecule has 3 rings (SSSR count). The molecule has 37 heavy (non-hydrogen) atoms. The second kappa shape index (κ2) is 12.0. The smallest absolute Gasteiger partial charge is 0.404 e. The number of carbonyl (C=O) groups excluding carboxylic acids is 1. The van der Waals surface area contributed by atoms with E-state index in [4.69, 9.17) is 17.3 Å². The van der Waals surface area contributed by atoms with Gasteiger partial charge in [0.1, 0.15) is 11.9 Å².